The van der Waals surface area contributed by atoms with E-state index in [0.29, 0.717) is 13.1 Å². The number of rotatable bonds is 3. The van der Waals surface area contributed by atoms with E-state index in [4.69, 9.17) is 4.42 Å². The van der Waals surface area contributed by atoms with Crippen LogP contribution in [-0.4, -0.2) is 65.3 Å². The second-order valence-corrected chi connectivity index (χ2v) is 5.32. The molecule has 2 rings (SSSR count). The number of furan rings is 1. The van der Waals surface area contributed by atoms with Crippen LogP contribution in [0.4, 0.5) is 13.2 Å². The summed E-state index contributed by atoms with van der Waals surface area (Å²) < 4.78 is 42.9. The van der Waals surface area contributed by atoms with Crippen LogP contribution in [0.25, 0.3) is 0 Å². The Morgan fingerprint density at radius 2 is 1.95 bits per heavy atom. The Balaban J connectivity index is 1.88. The molecular formula is C13H17F3N2O3. The van der Waals surface area contributed by atoms with E-state index < -0.39 is 18.3 Å². The highest BCUT2D eigenvalue weighted by atomic mass is 19.4. The van der Waals surface area contributed by atoms with Crippen LogP contribution in [0.3, 0.4) is 0 Å². The summed E-state index contributed by atoms with van der Waals surface area (Å²) in [6.45, 7) is 1.41. The van der Waals surface area contributed by atoms with Gasteiger partial charge < -0.3 is 14.4 Å². The molecule has 0 radical (unpaired) electrons. The summed E-state index contributed by atoms with van der Waals surface area (Å²) in [6.07, 6.45) is -3.28. The molecule has 0 aliphatic carbocycles. The Labute approximate surface area is 119 Å². The second kappa shape index (κ2) is 5.69. The highest BCUT2D eigenvalue weighted by Crippen LogP contribution is 2.30. The first kappa shape index (κ1) is 15.8. The average molecular weight is 306 g/mol. The molecule has 1 saturated heterocycles. The molecular weight excluding hydrogens is 289 g/mol. The lowest BCUT2D eigenvalue weighted by atomic mass is 10.1. The zero-order valence-corrected chi connectivity index (χ0v) is 11.6. The van der Waals surface area contributed by atoms with Gasteiger partial charge in [-0.15, -0.1) is 0 Å². The summed E-state index contributed by atoms with van der Waals surface area (Å²) in [7, 11) is 0. The molecule has 1 aromatic rings. The van der Waals surface area contributed by atoms with E-state index >= 15 is 0 Å². The van der Waals surface area contributed by atoms with Gasteiger partial charge in [0.05, 0.1) is 6.26 Å². The predicted molar refractivity (Wildman–Crippen MR) is 67.7 cm³/mol. The van der Waals surface area contributed by atoms with Crippen LogP contribution in [0.1, 0.15) is 17.5 Å². The van der Waals surface area contributed by atoms with E-state index in [9.17, 15) is 23.1 Å². The molecule has 1 fully saturated rings. The standard InChI is InChI=1S/C13H17F3N2O3/c1-12(20,13(14,15)16)9-17-4-6-18(7-5-17)11(19)10-3-2-8-21-10/h2-3,8,20H,4-7,9H2,1H3. The molecule has 1 aliphatic rings. The maximum Gasteiger partial charge on any atom is 0.418 e. The third kappa shape index (κ3) is 3.56. The van der Waals surface area contributed by atoms with E-state index in [0.717, 1.165) is 6.92 Å². The minimum Gasteiger partial charge on any atom is -0.459 e. The Bertz CT molecular complexity index is 477. The van der Waals surface area contributed by atoms with Gasteiger partial charge in [-0.25, -0.2) is 0 Å². The molecule has 0 aromatic carbocycles. The summed E-state index contributed by atoms with van der Waals surface area (Å²) in [6, 6.07) is 3.15. The zero-order chi connectivity index (χ0) is 15.7. The molecule has 1 amide bonds. The molecule has 21 heavy (non-hydrogen) atoms. The maximum absolute atomic E-state index is 12.6. The number of amides is 1. The molecule has 5 nitrogen and oxygen atoms in total. The number of piperazine rings is 1. The number of carbonyl (C=O) groups excluding carboxylic acids is 1. The van der Waals surface area contributed by atoms with Gasteiger partial charge in [-0.1, -0.05) is 0 Å². The molecule has 1 unspecified atom stereocenters. The first-order valence-electron chi connectivity index (χ1n) is 6.55. The van der Waals surface area contributed by atoms with Crippen molar-refractivity contribution in [2.24, 2.45) is 0 Å². The smallest absolute Gasteiger partial charge is 0.418 e. The van der Waals surface area contributed by atoms with Crippen LogP contribution in [0.15, 0.2) is 22.8 Å². The minimum atomic E-state index is -4.67. The Morgan fingerprint density at radius 3 is 2.43 bits per heavy atom. The molecule has 1 N–H and O–H groups in total. The molecule has 0 saturated carbocycles. The Kier molecular flexibility index (Phi) is 4.29. The van der Waals surface area contributed by atoms with E-state index in [2.05, 4.69) is 0 Å². The summed E-state index contributed by atoms with van der Waals surface area (Å²) in [4.78, 5) is 15.0. The van der Waals surface area contributed by atoms with Gasteiger partial charge in [0.2, 0.25) is 0 Å². The summed E-state index contributed by atoms with van der Waals surface area (Å²) in [5.74, 6) is -0.0621. The Hall–Kier alpha value is -1.54. The van der Waals surface area contributed by atoms with Crippen molar-refractivity contribution >= 4 is 5.91 Å². The van der Waals surface area contributed by atoms with Crippen molar-refractivity contribution in [1.29, 1.82) is 0 Å². The van der Waals surface area contributed by atoms with Crippen molar-refractivity contribution in [1.82, 2.24) is 9.80 Å². The molecule has 1 atom stereocenters. The van der Waals surface area contributed by atoms with Crippen LogP contribution >= 0.6 is 0 Å². The topological polar surface area (TPSA) is 56.9 Å². The number of halogens is 3. The fourth-order valence-electron chi connectivity index (χ4n) is 2.19. The summed E-state index contributed by atoms with van der Waals surface area (Å²) in [5.41, 5.74) is -2.75. The third-order valence-corrected chi connectivity index (χ3v) is 3.53. The number of alkyl halides is 3. The monoisotopic (exact) mass is 306 g/mol. The van der Waals surface area contributed by atoms with Crippen molar-refractivity contribution in [3.8, 4) is 0 Å². The van der Waals surface area contributed by atoms with Gasteiger partial charge in [0, 0.05) is 32.7 Å². The zero-order valence-electron chi connectivity index (χ0n) is 11.6. The van der Waals surface area contributed by atoms with Crippen molar-refractivity contribution in [2.45, 2.75) is 18.7 Å². The van der Waals surface area contributed by atoms with E-state index in [1.165, 1.54) is 16.1 Å². The van der Waals surface area contributed by atoms with Gasteiger partial charge in [0.25, 0.3) is 5.91 Å². The van der Waals surface area contributed by atoms with E-state index in [1.807, 2.05) is 0 Å². The van der Waals surface area contributed by atoms with Crippen molar-refractivity contribution < 1.29 is 27.5 Å². The molecule has 0 spiro atoms. The largest absolute Gasteiger partial charge is 0.459 e. The van der Waals surface area contributed by atoms with Crippen molar-refractivity contribution in [3.63, 3.8) is 0 Å². The lowest BCUT2D eigenvalue weighted by Crippen LogP contribution is -2.56. The minimum absolute atomic E-state index is 0.214. The maximum atomic E-state index is 12.6. The summed E-state index contributed by atoms with van der Waals surface area (Å²) >= 11 is 0. The first-order valence-corrected chi connectivity index (χ1v) is 6.55. The van der Waals surface area contributed by atoms with Crippen LogP contribution in [0.5, 0.6) is 0 Å². The van der Waals surface area contributed by atoms with Gasteiger partial charge in [-0.05, 0) is 19.1 Å². The van der Waals surface area contributed by atoms with Gasteiger partial charge >= 0.3 is 6.18 Å². The molecule has 8 heteroatoms. The average Bonchev–Trinajstić information content (AvgIpc) is 2.91. The van der Waals surface area contributed by atoms with Crippen molar-refractivity contribution in [2.75, 3.05) is 32.7 Å². The number of β-amino-alcohol motifs (C(OH)–C–C–N with tert-alkyl or cyclic N) is 1. The van der Waals surface area contributed by atoms with Gasteiger partial charge in [-0.2, -0.15) is 13.2 Å². The fraction of sp³-hybridized carbons (Fsp3) is 0.615. The number of aliphatic hydroxyl groups is 1. The first-order chi connectivity index (χ1) is 9.71. The fourth-order valence-corrected chi connectivity index (χ4v) is 2.19. The molecule has 1 aliphatic heterocycles. The predicted octanol–water partition coefficient (Wildman–Crippen LogP) is 1.35. The highest BCUT2D eigenvalue weighted by molar-refractivity contribution is 5.91. The molecule has 1 aromatic heterocycles. The van der Waals surface area contributed by atoms with Crippen LogP contribution in [0, 0.1) is 0 Å². The van der Waals surface area contributed by atoms with Crippen molar-refractivity contribution in [3.05, 3.63) is 24.2 Å². The molecule has 0 bridgehead atoms. The van der Waals surface area contributed by atoms with Crippen LogP contribution in [-0.2, 0) is 0 Å². The lowest BCUT2D eigenvalue weighted by molar-refractivity contribution is -0.258. The number of hydrogen-bond acceptors (Lipinski definition) is 4. The quantitative estimate of drug-likeness (QED) is 0.916. The van der Waals surface area contributed by atoms with Crippen LogP contribution in [0.2, 0.25) is 0 Å². The molecule has 118 valence electrons. The van der Waals surface area contributed by atoms with Gasteiger partial charge in [0.1, 0.15) is 0 Å². The number of carbonyl (C=O) groups is 1. The van der Waals surface area contributed by atoms with E-state index in [-0.39, 0.29) is 24.8 Å². The lowest BCUT2D eigenvalue weighted by Gasteiger charge is -2.38. The SMILES string of the molecule is CC(O)(CN1CCN(C(=O)c2ccco2)CC1)C(F)(F)F. The second-order valence-electron chi connectivity index (χ2n) is 5.32. The van der Waals surface area contributed by atoms with Gasteiger partial charge in [0.15, 0.2) is 11.4 Å². The number of nitrogens with zero attached hydrogens (tertiary/aromatic N) is 2. The number of hydrogen-bond donors (Lipinski definition) is 1. The van der Waals surface area contributed by atoms with Crippen LogP contribution < -0.4 is 0 Å². The third-order valence-electron chi connectivity index (χ3n) is 3.53. The normalized spacial score (nSPS) is 20.3. The highest BCUT2D eigenvalue weighted by Gasteiger charge is 2.50. The molecule has 2 heterocycles. The Morgan fingerprint density at radius 1 is 1.33 bits per heavy atom. The van der Waals surface area contributed by atoms with E-state index in [1.54, 1.807) is 12.1 Å². The van der Waals surface area contributed by atoms with Gasteiger partial charge in [-0.3, -0.25) is 9.69 Å². The summed E-state index contributed by atoms with van der Waals surface area (Å²) in [5, 5.41) is 9.47.